The van der Waals surface area contributed by atoms with Crippen LogP contribution in [0.25, 0.3) is 0 Å². The first-order valence-electron chi connectivity index (χ1n) is 6.42. The Morgan fingerprint density at radius 2 is 2.25 bits per heavy atom. The van der Waals surface area contributed by atoms with Crippen LogP contribution >= 0.6 is 0 Å². The number of aryl methyl sites for hydroxylation is 1. The number of hydrogen-bond donors (Lipinski definition) is 2. The van der Waals surface area contributed by atoms with Crippen LogP contribution in [0, 0.1) is 0 Å². The van der Waals surface area contributed by atoms with Crippen LogP contribution < -0.4 is 10.5 Å². The van der Waals surface area contributed by atoms with Crippen LogP contribution in [0.15, 0.2) is 40.0 Å². The summed E-state index contributed by atoms with van der Waals surface area (Å²) >= 11 is 0. The van der Waals surface area contributed by atoms with Crippen molar-refractivity contribution < 1.29 is 12.8 Å². The van der Waals surface area contributed by atoms with Crippen molar-refractivity contribution in [1.82, 2.24) is 9.29 Å². The monoisotopic (exact) mass is 297 g/mol. The fourth-order valence-electron chi connectivity index (χ4n) is 2.03. The molecule has 1 unspecified atom stereocenters. The molecule has 7 heteroatoms. The molecular formula is C13H19N3O3S. The number of sulfonamides is 1. The summed E-state index contributed by atoms with van der Waals surface area (Å²) in [4.78, 5) is 0.221. The average Bonchev–Trinajstić information content (AvgIpc) is 3.07. The van der Waals surface area contributed by atoms with E-state index in [4.69, 9.17) is 10.2 Å². The van der Waals surface area contributed by atoms with Crippen molar-refractivity contribution in [2.24, 2.45) is 5.73 Å². The van der Waals surface area contributed by atoms with E-state index in [-0.39, 0.29) is 4.90 Å². The van der Waals surface area contributed by atoms with Gasteiger partial charge >= 0.3 is 0 Å². The maximum absolute atomic E-state index is 12.3. The van der Waals surface area contributed by atoms with E-state index in [0.29, 0.717) is 18.8 Å². The smallest absolute Gasteiger partial charge is 0.242 e. The number of furan rings is 1. The van der Waals surface area contributed by atoms with Gasteiger partial charge in [0.25, 0.3) is 0 Å². The van der Waals surface area contributed by atoms with Gasteiger partial charge in [0.15, 0.2) is 0 Å². The molecule has 0 saturated carbocycles. The first kappa shape index (κ1) is 14.8. The SMILES string of the molecule is CCn1cc(S(=O)(=O)NC(C)c2ccco2)cc1CN. The minimum Gasteiger partial charge on any atom is -0.468 e. The second-order valence-electron chi connectivity index (χ2n) is 4.52. The molecule has 0 aliphatic rings. The molecule has 2 aromatic heterocycles. The summed E-state index contributed by atoms with van der Waals surface area (Å²) in [5.74, 6) is 0.572. The van der Waals surface area contributed by atoms with Crippen LogP contribution in [-0.4, -0.2) is 13.0 Å². The molecule has 0 fully saturated rings. The molecule has 0 amide bonds. The molecule has 0 aromatic carbocycles. The molecule has 0 radical (unpaired) electrons. The fraction of sp³-hybridized carbons (Fsp3) is 0.385. The minimum atomic E-state index is -3.59. The lowest BCUT2D eigenvalue weighted by molar-refractivity contribution is 0.459. The van der Waals surface area contributed by atoms with E-state index < -0.39 is 16.1 Å². The highest BCUT2D eigenvalue weighted by molar-refractivity contribution is 7.89. The highest BCUT2D eigenvalue weighted by Crippen LogP contribution is 2.19. The Balaban J connectivity index is 2.24. The number of aromatic nitrogens is 1. The fourth-order valence-corrected chi connectivity index (χ4v) is 3.31. The quantitative estimate of drug-likeness (QED) is 0.847. The molecule has 6 nitrogen and oxygen atoms in total. The van der Waals surface area contributed by atoms with Crippen molar-refractivity contribution in [2.45, 2.75) is 37.9 Å². The Morgan fingerprint density at radius 1 is 1.50 bits per heavy atom. The van der Waals surface area contributed by atoms with Crippen molar-refractivity contribution in [3.8, 4) is 0 Å². The lowest BCUT2D eigenvalue weighted by Crippen LogP contribution is -2.26. The minimum absolute atomic E-state index is 0.221. The van der Waals surface area contributed by atoms with Gasteiger partial charge in [0.2, 0.25) is 10.0 Å². The third kappa shape index (κ3) is 2.95. The van der Waals surface area contributed by atoms with Gasteiger partial charge in [0.05, 0.1) is 17.2 Å². The van der Waals surface area contributed by atoms with Gasteiger partial charge in [-0.2, -0.15) is 0 Å². The number of rotatable bonds is 6. The molecule has 3 N–H and O–H groups in total. The Kier molecular flexibility index (Phi) is 4.32. The zero-order valence-electron chi connectivity index (χ0n) is 11.5. The van der Waals surface area contributed by atoms with Crippen molar-refractivity contribution in [2.75, 3.05) is 0 Å². The van der Waals surface area contributed by atoms with Crippen LogP contribution in [-0.2, 0) is 23.1 Å². The number of nitrogens with one attached hydrogen (secondary N) is 1. The first-order valence-corrected chi connectivity index (χ1v) is 7.91. The van der Waals surface area contributed by atoms with E-state index in [9.17, 15) is 8.42 Å². The van der Waals surface area contributed by atoms with Crippen LogP contribution in [0.2, 0.25) is 0 Å². The van der Waals surface area contributed by atoms with E-state index in [0.717, 1.165) is 5.69 Å². The van der Waals surface area contributed by atoms with Gasteiger partial charge in [-0.05, 0) is 32.0 Å². The van der Waals surface area contributed by atoms with Crippen molar-refractivity contribution in [1.29, 1.82) is 0 Å². The van der Waals surface area contributed by atoms with Gasteiger partial charge < -0.3 is 14.7 Å². The molecule has 2 rings (SSSR count). The maximum Gasteiger partial charge on any atom is 0.242 e. The zero-order chi connectivity index (χ0) is 14.8. The molecule has 0 aliphatic carbocycles. The van der Waals surface area contributed by atoms with E-state index in [1.807, 2.05) is 11.5 Å². The summed E-state index contributed by atoms with van der Waals surface area (Å²) in [5.41, 5.74) is 6.40. The molecule has 2 heterocycles. The highest BCUT2D eigenvalue weighted by atomic mass is 32.2. The highest BCUT2D eigenvalue weighted by Gasteiger charge is 2.22. The van der Waals surface area contributed by atoms with E-state index in [2.05, 4.69) is 4.72 Å². The zero-order valence-corrected chi connectivity index (χ0v) is 12.4. The van der Waals surface area contributed by atoms with Gasteiger partial charge in [0, 0.05) is 25.0 Å². The molecule has 0 aliphatic heterocycles. The topological polar surface area (TPSA) is 90.3 Å². The Hall–Kier alpha value is -1.57. The van der Waals surface area contributed by atoms with Crippen molar-refractivity contribution in [3.63, 3.8) is 0 Å². The summed E-state index contributed by atoms with van der Waals surface area (Å²) in [6.45, 7) is 4.65. The van der Waals surface area contributed by atoms with Gasteiger partial charge in [-0.15, -0.1) is 0 Å². The summed E-state index contributed by atoms with van der Waals surface area (Å²) in [5, 5.41) is 0. The first-order chi connectivity index (χ1) is 9.47. The lowest BCUT2D eigenvalue weighted by Gasteiger charge is -2.10. The molecule has 0 saturated heterocycles. The predicted molar refractivity (Wildman–Crippen MR) is 75.4 cm³/mol. The Morgan fingerprint density at radius 3 is 2.75 bits per heavy atom. The number of nitrogens with two attached hydrogens (primary N) is 1. The summed E-state index contributed by atoms with van der Waals surface area (Å²) in [6, 6.07) is 4.62. The predicted octanol–water partition coefficient (Wildman–Crippen LogP) is 1.60. The molecular weight excluding hydrogens is 278 g/mol. The molecule has 2 aromatic rings. The number of nitrogens with zero attached hydrogens (tertiary/aromatic N) is 1. The van der Waals surface area contributed by atoms with Gasteiger partial charge in [-0.25, -0.2) is 13.1 Å². The summed E-state index contributed by atoms with van der Waals surface area (Å²) < 4.78 is 34.3. The number of hydrogen-bond acceptors (Lipinski definition) is 4. The third-order valence-corrected chi connectivity index (χ3v) is 4.63. The maximum atomic E-state index is 12.3. The third-order valence-electron chi connectivity index (χ3n) is 3.12. The summed E-state index contributed by atoms with van der Waals surface area (Å²) in [7, 11) is -3.59. The van der Waals surface area contributed by atoms with Gasteiger partial charge in [-0.1, -0.05) is 0 Å². The summed E-state index contributed by atoms with van der Waals surface area (Å²) in [6.07, 6.45) is 3.11. The van der Waals surface area contributed by atoms with Crippen molar-refractivity contribution in [3.05, 3.63) is 42.1 Å². The van der Waals surface area contributed by atoms with Crippen LogP contribution in [0.3, 0.4) is 0 Å². The van der Waals surface area contributed by atoms with Crippen LogP contribution in [0.1, 0.15) is 31.3 Å². The average molecular weight is 297 g/mol. The molecule has 110 valence electrons. The van der Waals surface area contributed by atoms with Crippen LogP contribution in [0.4, 0.5) is 0 Å². The van der Waals surface area contributed by atoms with E-state index in [1.54, 1.807) is 31.3 Å². The molecule has 20 heavy (non-hydrogen) atoms. The van der Waals surface area contributed by atoms with Crippen LogP contribution in [0.5, 0.6) is 0 Å². The molecule has 0 bridgehead atoms. The second-order valence-corrected chi connectivity index (χ2v) is 6.23. The lowest BCUT2D eigenvalue weighted by atomic mass is 10.3. The van der Waals surface area contributed by atoms with E-state index >= 15 is 0 Å². The standard InChI is InChI=1S/C13H19N3O3S/c1-3-16-9-12(7-11(16)8-14)20(17,18)15-10(2)13-5-4-6-19-13/h4-7,9-10,15H,3,8,14H2,1-2H3. The Labute approximate surface area is 118 Å². The Bertz CT molecular complexity index is 638. The second kappa shape index (κ2) is 5.82. The van der Waals surface area contributed by atoms with Gasteiger partial charge in [-0.3, -0.25) is 0 Å². The molecule has 0 spiro atoms. The largest absolute Gasteiger partial charge is 0.468 e. The molecule has 1 atom stereocenters. The van der Waals surface area contributed by atoms with Gasteiger partial charge in [0.1, 0.15) is 5.76 Å². The normalized spacial score (nSPS) is 13.6. The van der Waals surface area contributed by atoms with E-state index in [1.165, 1.54) is 6.26 Å². The van der Waals surface area contributed by atoms with Crippen molar-refractivity contribution >= 4 is 10.0 Å².